The van der Waals surface area contributed by atoms with Gasteiger partial charge in [0.05, 0.1) is 19.7 Å². The molecule has 2 rings (SSSR count). The lowest BCUT2D eigenvalue weighted by molar-refractivity contribution is 0.102. The number of aliphatic hydroxyl groups is 1. The van der Waals surface area contributed by atoms with Gasteiger partial charge in [0, 0.05) is 5.69 Å². The summed E-state index contributed by atoms with van der Waals surface area (Å²) < 4.78 is 1.67. The molecule has 1 heterocycles. The Morgan fingerprint density at radius 3 is 2.72 bits per heavy atom. The van der Waals surface area contributed by atoms with Crippen molar-refractivity contribution in [3.63, 3.8) is 0 Å². The van der Waals surface area contributed by atoms with E-state index in [1.165, 1.54) is 11.3 Å². The van der Waals surface area contributed by atoms with Crippen LogP contribution in [0.5, 0.6) is 0 Å². The summed E-state index contributed by atoms with van der Waals surface area (Å²) >= 11 is 8.13. The Balaban J connectivity index is 2.18. The van der Waals surface area contributed by atoms with Crippen LogP contribution in [0.1, 0.15) is 15.9 Å². The molecule has 6 heteroatoms. The molecule has 1 aromatic carbocycles. The van der Waals surface area contributed by atoms with Gasteiger partial charge in [-0.15, -0.1) is 11.3 Å². The summed E-state index contributed by atoms with van der Waals surface area (Å²) in [5.74, 6) is -0.182. The van der Waals surface area contributed by atoms with Crippen molar-refractivity contribution in [1.82, 2.24) is 0 Å². The van der Waals surface area contributed by atoms with Gasteiger partial charge in [0.1, 0.15) is 0 Å². The Bertz CT molecular complexity index is 583. The molecule has 0 saturated carbocycles. The smallest absolute Gasteiger partial charge is 0.257 e. The zero-order valence-corrected chi connectivity index (χ0v) is 13.1. The zero-order chi connectivity index (χ0) is 13.1. The summed E-state index contributed by atoms with van der Waals surface area (Å²) in [5.41, 5.74) is 2.01. The SMILES string of the molecule is O=C(Nc1cccc(CO)c1)c1cc(Br)sc1Br. The molecule has 2 aromatic rings. The third kappa shape index (κ3) is 3.20. The van der Waals surface area contributed by atoms with Gasteiger partial charge in [-0.05, 0) is 55.6 Å². The number of rotatable bonds is 3. The van der Waals surface area contributed by atoms with Gasteiger partial charge in [0.2, 0.25) is 0 Å². The standard InChI is InChI=1S/C12H9Br2NO2S/c13-10-5-9(11(14)18-10)12(17)15-8-3-1-2-7(4-8)6-16/h1-5,16H,6H2,(H,15,17). The number of thiophene rings is 1. The van der Waals surface area contributed by atoms with Gasteiger partial charge in [-0.2, -0.15) is 0 Å². The van der Waals surface area contributed by atoms with E-state index in [0.717, 1.165) is 13.1 Å². The van der Waals surface area contributed by atoms with Gasteiger partial charge in [-0.3, -0.25) is 4.79 Å². The van der Waals surface area contributed by atoms with Crippen LogP contribution in [0.4, 0.5) is 5.69 Å². The fourth-order valence-corrected chi connectivity index (χ4v) is 4.23. The summed E-state index contributed by atoms with van der Waals surface area (Å²) in [5, 5.41) is 11.8. The highest BCUT2D eigenvalue weighted by atomic mass is 79.9. The second-order valence-electron chi connectivity index (χ2n) is 3.55. The van der Waals surface area contributed by atoms with E-state index in [0.29, 0.717) is 11.3 Å². The van der Waals surface area contributed by atoms with Crippen LogP contribution in [-0.2, 0) is 6.61 Å². The number of benzene rings is 1. The Hall–Kier alpha value is -0.690. The van der Waals surface area contributed by atoms with Crippen molar-refractivity contribution in [3.05, 3.63) is 49.0 Å². The molecule has 0 aliphatic carbocycles. The molecule has 0 spiro atoms. The highest BCUT2D eigenvalue weighted by Gasteiger charge is 2.13. The van der Waals surface area contributed by atoms with E-state index >= 15 is 0 Å². The topological polar surface area (TPSA) is 49.3 Å². The van der Waals surface area contributed by atoms with Crippen LogP contribution in [-0.4, -0.2) is 11.0 Å². The lowest BCUT2D eigenvalue weighted by atomic mass is 10.2. The minimum Gasteiger partial charge on any atom is -0.392 e. The first-order valence-corrected chi connectivity index (χ1v) is 7.46. The fraction of sp³-hybridized carbons (Fsp3) is 0.0833. The van der Waals surface area contributed by atoms with Gasteiger partial charge in [0.25, 0.3) is 5.91 Å². The molecular weight excluding hydrogens is 382 g/mol. The van der Waals surface area contributed by atoms with Crippen LogP contribution >= 0.6 is 43.2 Å². The number of carbonyl (C=O) groups is 1. The Morgan fingerprint density at radius 2 is 2.11 bits per heavy atom. The molecule has 18 heavy (non-hydrogen) atoms. The highest BCUT2D eigenvalue weighted by molar-refractivity contribution is 9.12. The predicted molar refractivity (Wildman–Crippen MR) is 80.0 cm³/mol. The number of hydrogen-bond donors (Lipinski definition) is 2. The first kappa shape index (κ1) is 13.7. The normalized spacial score (nSPS) is 10.4. The Kier molecular flexibility index (Phi) is 4.55. The molecule has 94 valence electrons. The van der Waals surface area contributed by atoms with E-state index in [1.807, 2.05) is 0 Å². The molecule has 1 amide bonds. The molecule has 3 nitrogen and oxygen atoms in total. The summed E-state index contributed by atoms with van der Waals surface area (Å²) in [6.45, 7) is -0.0442. The largest absolute Gasteiger partial charge is 0.392 e. The summed E-state index contributed by atoms with van der Waals surface area (Å²) in [7, 11) is 0. The molecule has 0 fully saturated rings. The quantitative estimate of drug-likeness (QED) is 0.831. The predicted octanol–water partition coefficient (Wildman–Crippen LogP) is 4.02. The van der Waals surface area contributed by atoms with E-state index < -0.39 is 0 Å². The van der Waals surface area contributed by atoms with E-state index in [2.05, 4.69) is 37.2 Å². The van der Waals surface area contributed by atoms with Crippen LogP contribution in [0.2, 0.25) is 0 Å². The van der Waals surface area contributed by atoms with Crippen LogP contribution in [0.15, 0.2) is 37.9 Å². The lowest BCUT2D eigenvalue weighted by Gasteiger charge is -2.05. The second-order valence-corrected chi connectivity index (χ2v) is 7.30. The van der Waals surface area contributed by atoms with Gasteiger partial charge in [-0.1, -0.05) is 12.1 Å². The first-order chi connectivity index (χ1) is 8.60. The van der Waals surface area contributed by atoms with E-state index in [-0.39, 0.29) is 12.5 Å². The van der Waals surface area contributed by atoms with Crippen molar-refractivity contribution in [3.8, 4) is 0 Å². The number of aliphatic hydroxyl groups excluding tert-OH is 1. The van der Waals surface area contributed by atoms with Crippen molar-refractivity contribution in [2.75, 3.05) is 5.32 Å². The van der Waals surface area contributed by atoms with E-state index in [9.17, 15) is 4.79 Å². The maximum atomic E-state index is 12.0. The van der Waals surface area contributed by atoms with Gasteiger partial charge >= 0.3 is 0 Å². The van der Waals surface area contributed by atoms with Gasteiger partial charge in [-0.25, -0.2) is 0 Å². The van der Waals surface area contributed by atoms with Gasteiger partial charge < -0.3 is 10.4 Å². The van der Waals surface area contributed by atoms with E-state index in [4.69, 9.17) is 5.11 Å². The fourth-order valence-electron chi connectivity index (χ4n) is 1.44. The number of carbonyl (C=O) groups excluding carboxylic acids is 1. The van der Waals surface area contributed by atoms with Crippen LogP contribution in [0.3, 0.4) is 0 Å². The van der Waals surface area contributed by atoms with Crippen LogP contribution in [0.25, 0.3) is 0 Å². The lowest BCUT2D eigenvalue weighted by Crippen LogP contribution is -2.11. The molecule has 0 saturated heterocycles. The minimum absolute atomic E-state index is 0.0442. The molecule has 0 atom stereocenters. The number of nitrogens with one attached hydrogen (secondary N) is 1. The molecule has 0 aliphatic rings. The van der Waals surface area contributed by atoms with E-state index in [1.54, 1.807) is 30.3 Å². The summed E-state index contributed by atoms with van der Waals surface area (Å²) in [6, 6.07) is 8.88. The number of anilines is 1. The molecule has 0 aliphatic heterocycles. The van der Waals surface area contributed by atoms with Crippen LogP contribution in [0, 0.1) is 0 Å². The number of amides is 1. The van der Waals surface area contributed by atoms with Crippen molar-refractivity contribution in [2.24, 2.45) is 0 Å². The maximum Gasteiger partial charge on any atom is 0.257 e. The maximum absolute atomic E-state index is 12.0. The Morgan fingerprint density at radius 1 is 1.33 bits per heavy atom. The monoisotopic (exact) mass is 389 g/mol. The molecule has 0 unspecified atom stereocenters. The summed E-state index contributed by atoms with van der Waals surface area (Å²) in [4.78, 5) is 12.0. The third-order valence-corrected chi connectivity index (χ3v) is 4.61. The average Bonchev–Trinajstić information content (AvgIpc) is 2.69. The third-order valence-electron chi connectivity index (χ3n) is 2.27. The van der Waals surface area contributed by atoms with Crippen molar-refractivity contribution < 1.29 is 9.90 Å². The summed E-state index contributed by atoms with van der Waals surface area (Å²) in [6.07, 6.45) is 0. The minimum atomic E-state index is -0.182. The molecule has 0 radical (unpaired) electrons. The number of hydrogen-bond acceptors (Lipinski definition) is 3. The van der Waals surface area contributed by atoms with Crippen molar-refractivity contribution in [1.29, 1.82) is 0 Å². The molecule has 2 N–H and O–H groups in total. The van der Waals surface area contributed by atoms with Crippen molar-refractivity contribution >= 4 is 54.8 Å². The first-order valence-electron chi connectivity index (χ1n) is 5.06. The molecule has 1 aromatic heterocycles. The number of halogens is 2. The molecular formula is C12H9Br2NO2S. The van der Waals surface area contributed by atoms with Crippen molar-refractivity contribution in [2.45, 2.75) is 6.61 Å². The zero-order valence-electron chi connectivity index (χ0n) is 9.11. The van der Waals surface area contributed by atoms with Gasteiger partial charge in [0.15, 0.2) is 0 Å². The van der Waals surface area contributed by atoms with Crippen LogP contribution < -0.4 is 5.32 Å². The second kappa shape index (κ2) is 5.97. The molecule has 0 bridgehead atoms. The highest BCUT2D eigenvalue weighted by Crippen LogP contribution is 2.32. The Labute approximate surface area is 125 Å². The average molecular weight is 391 g/mol.